The van der Waals surface area contributed by atoms with Crippen LogP contribution in [0.5, 0.6) is 0 Å². The molecule has 1 aromatic carbocycles. The van der Waals surface area contributed by atoms with Gasteiger partial charge in [0.05, 0.1) is 11.1 Å². The molecule has 17 heavy (non-hydrogen) atoms. The smallest absolute Gasteiger partial charge is 0.128 e. The fourth-order valence-electron chi connectivity index (χ4n) is 2.11. The van der Waals surface area contributed by atoms with Crippen LogP contribution in [-0.4, -0.2) is 4.57 Å². The number of aryl methyl sites for hydroxylation is 2. The molecule has 0 unspecified atom stereocenters. The Morgan fingerprint density at radius 3 is 2.65 bits per heavy atom. The molecule has 1 heterocycles. The lowest BCUT2D eigenvalue weighted by Gasteiger charge is -2.07. The normalized spacial score (nSPS) is 10.8. The van der Waals surface area contributed by atoms with Crippen LogP contribution in [0.1, 0.15) is 24.5 Å². The predicted octanol–water partition coefficient (Wildman–Crippen LogP) is 4.54. The molecule has 0 saturated heterocycles. The lowest BCUT2D eigenvalue weighted by molar-refractivity contribution is 0.702. The zero-order valence-electron chi connectivity index (χ0n) is 9.72. The molecule has 0 fully saturated rings. The van der Waals surface area contributed by atoms with Crippen LogP contribution in [0.25, 0.3) is 10.9 Å². The third-order valence-electron chi connectivity index (χ3n) is 2.91. The Kier molecular flexibility index (Phi) is 3.33. The molecule has 0 amide bonds. The predicted molar refractivity (Wildman–Crippen MR) is 71.7 cm³/mol. The summed E-state index contributed by atoms with van der Waals surface area (Å²) >= 11 is 12.4. The molecule has 0 aliphatic rings. The Labute approximate surface area is 110 Å². The molecule has 0 spiro atoms. The van der Waals surface area contributed by atoms with Crippen LogP contribution in [0.3, 0.4) is 0 Å². The SMILES string of the molecule is CCCn1c(Cl)c(C#N)c2ccc(Cl)c(C)c21. The van der Waals surface area contributed by atoms with Crippen LogP contribution in [0.4, 0.5) is 0 Å². The maximum Gasteiger partial charge on any atom is 0.128 e. The number of hydrogen-bond acceptors (Lipinski definition) is 1. The summed E-state index contributed by atoms with van der Waals surface area (Å²) < 4.78 is 1.97. The first-order chi connectivity index (χ1) is 8.11. The summed E-state index contributed by atoms with van der Waals surface area (Å²) in [5, 5.41) is 11.3. The van der Waals surface area contributed by atoms with Gasteiger partial charge in [-0.2, -0.15) is 5.26 Å². The second-order valence-corrected chi connectivity index (χ2v) is 4.76. The highest BCUT2D eigenvalue weighted by molar-refractivity contribution is 6.34. The van der Waals surface area contributed by atoms with Gasteiger partial charge in [0.25, 0.3) is 0 Å². The van der Waals surface area contributed by atoms with Gasteiger partial charge in [0.15, 0.2) is 0 Å². The van der Waals surface area contributed by atoms with Crippen molar-refractivity contribution in [2.75, 3.05) is 0 Å². The van der Waals surface area contributed by atoms with Crippen LogP contribution in [0, 0.1) is 18.3 Å². The van der Waals surface area contributed by atoms with Crippen LogP contribution < -0.4 is 0 Å². The first-order valence-electron chi connectivity index (χ1n) is 5.48. The van der Waals surface area contributed by atoms with Crippen molar-refractivity contribution in [3.63, 3.8) is 0 Å². The van der Waals surface area contributed by atoms with E-state index >= 15 is 0 Å². The van der Waals surface area contributed by atoms with E-state index in [2.05, 4.69) is 13.0 Å². The van der Waals surface area contributed by atoms with Gasteiger partial charge in [0, 0.05) is 17.0 Å². The van der Waals surface area contributed by atoms with Crippen molar-refractivity contribution in [1.29, 1.82) is 5.26 Å². The van der Waals surface area contributed by atoms with E-state index in [1.807, 2.05) is 23.6 Å². The van der Waals surface area contributed by atoms with Gasteiger partial charge in [-0.15, -0.1) is 0 Å². The van der Waals surface area contributed by atoms with Gasteiger partial charge in [-0.05, 0) is 31.0 Å². The van der Waals surface area contributed by atoms with Crippen molar-refractivity contribution in [3.8, 4) is 6.07 Å². The van der Waals surface area contributed by atoms with E-state index in [1.165, 1.54) is 0 Å². The molecule has 0 aliphatic carbocycles. The van der Waals surface area contributed by atoms with E-state index in [-0.39, 0.29) is 0 Å². The summed E-state index contributed by atoms with van der Waals surface area (Å²) in [4.78, 5) is 0. The summed E-state index contributed by atoms with van der Waals surface area (Å²) in [5.74, 6) is 0. The minimum absolute atomic E-state index is 0.509. The maximum absolute atomic E-state index is 9.18. The number of nitrogens with zero attached hydrogens (tertiary/aromatic N) is 2. The number of hydrogen-bond donors (Lipinski definition) is 0. The Balaban J connectivity index is 2.92. The zero-order chi connectivity index (χ0) is 12.6. The van der Waals surface area contributed by atoms with Crippen molar-refractivity contribution in [2.24, 2.45) is 0 Å². The average molecular weight is 267 g/mol. The number of benzene rings is 1. The molecule has 4 heteroatoms. The van der Waals surface area contributed by atoms with E-state index in [1.54, 1.807) is 0 Å². The Bertz CT molecular complexity index is 621. The quantitative estimate of drug-likeness (QED) is 0.785. The van der Waals surface area contributed by atoms with Gasteiger partial charge in [-0.1, -0.05) is 30.1 Å². The van der Waals surface area contributed by atoms with Crippen LogP contribution in [-0.2, 0) is 6.54 Å². The first-order valence-corrected chi connectivity index (χ1v) is 6.24. The molecular formula is C13H12Cl2N2. The van der Waals surface area contributed by atoms with Gasteiger partial charge in [0.1, 0.15) is 11.2 Å². The number of nitriles is 1. The topological polar surface area (TPSA) is 28.7 Å². The molecule has 0 atom stereocenters. The van der Waals surface area contributed by atoms with Crippen molar-refractivity contribution in [2.45, 2.75) is 26.8 Å². The van der Waals surface area contributed by atoms with Gasteiger partial charge in [0.2, 0.25) is 0 Å². The largest absolute Gasteiger partial charge is 0.330 e. The second-order valence-electron chi connectivity index (χ2n) is 4.00. The van der Waals surface area contributed by atoms with E-state index < -0.39 is 0 Å². The number of halogens is 2. The lowest BCUT2D eigenvalue weighted by atomic mass is 10.1. The minimum Gasteiger partial charge on any atom is -0.330 e. The number of aromatic nitrogens is 1. The summed E-state index contributed by atoms with van der Waals surface area (Å²) in [6.07, 6.45) is 0.959. The second kappa shape index (κ2) is 4.60. The molecule has 2 aromatic rings. The lowest BCUT2D eigenvalue weighted by Crippen LogP contribution is -1.98. The molecular weight excluding hydrogens is 255 g/mol. The number of rotatable bonds is 2. The minimum atomic E-state index is 0.509. The van der Waals surface area contributed by atoms with Crippen molar-refractivity contribution in [1.82, 2.24) is 4.57 Å². The highest BCUT2D eigenvalue weighted by Gasteiger charge is 2.17. The summed E-state index contributed by atoms with van der Waals surface area (Å²) in [6, 6.07) is 5.84. The summed E-state index contributed by atoms with van der Waals surface area (Å²) in [7, 11) is 0. The van der Waals surface area contributed by atoms with Crippen molar-refractivity contribution < 1.29 is 0 Å². The monoisotopic (exact) mass is 266 g/mol. The summed E-state index contributed by atoms with van der Waals surface area (Å²) in [5.41, 5.74) is 2.48. The molecule has 0 N–H and O–H groups in total. The van der Waals surface area contributed by atoms with Crippen LogP contribution in [0.15, 0.2) is 12.1 Å². The Morgan fingerprint density at radius 2 is 2.06 bits per heavy atom. The fraction of sp³-hybridized carbons (Fsp3) is 0.308. The summed E-state index contributed by atoms with van der Waals surface area (Å²) in [6.45, 7) is 4.82. The Morgan fingerprint density at radius 1 is 1.35 bits per heavy atom. The third kappa shape index (κ3) is 1.80. The molecule has 0 saturated carbocycles. The Hall–Kier alpha value is -1.17. The molecule has 2 rings (SSSR count). The van der Waals surface area contributed by atoms with E-state index in [0.717, 1.165) is 29.4 Å². The highest BCUT2D eigenvalue weighted by Crippen LogP contribution is 2.34. The molecule has 0 radical (unpaired) electrons. The van der Waals surface area contributed by atoms with Gasteiger partial charge in [-0.25, -0.2) is 0 Å². The highest BCUT2D eigenvalue weighted by atomic mass is 35.5. The molecule has 88 valence electrons. The van der Waals surface area contributed by atoms with Crippen LogP contribution >= 0.6 is 23.2 Å². The van der Waals surface area contributed by atoms with Crippen molar-refractivity contribution in [3.05, 3.63) is 33.4 Å². The molecule has 0 aliphatic heterocycles. The fourth-order valence-corrected chi connectivity index (χ4v) is 2.57. The zero-order valence-corrected chi connectivity index (χ0v) is 11.2. The molecule has 0 bridgehead atoms. The van der Waals surface area contributed by atoms with Crippen LogP contribution in [0.2, 0.25) is 10.2 Å². The van der Waals surface area contributed by atoms with E-state index in [4.69, 9.17) is 23.2 Å². The molecule has 1 aromatic heterocycles. The standard InChI is InChI=1S/C13H12Cl2N2/c1-3-6-17-12-8(2)11(14)5-4-9(12)10(7-16)13(17)15/h4-5H,3,6H2,1-2H3. The first kappa shape index (κ1) is 12.3. The third-order valence-corrected chi connectivity index (χ3v) is 3.71. The van der Waals surface area contributed by atoms with Crippen molar-refractivity contribution >= 4 is 34.1 Å². The van der Waals surface area contributed by atoms with Gasteiger partial charge < -0.3 is 4.57 Å². The maximum atomic E-state index is 9.18. The van der Waals surface area contributed by atoms with Gasteiger partial charge >= 0.3 is 0 Å². The average Bonchev–Trinajstić information content (AvgIpc) is 2.58. The van der Waals surface area contributed by atoms with Gasteiger partial charge in [-0.3, -0.25) is 0 Å². The van der Waals surface area contributed by atoms with E-state index in [0.29, 0.717) is 15.7 Å². The number of fused-ring (bicyclic) bond motifs is 1. The molecule has 2 nitrogen and oxygen atoms in total. The van der Waals surface area contributed by atoms with E-state index in [9.17, 15) is 5.26 Å².